The Balaban J connectivity index is 3.13. The standard InChI is InChI=1S/C10H13N3O2/c1-6(14)12-8-7(5-11)13-9(15-8)10(2,3)4/h1-4H3,(H,12,14). The second kappa shape index (κ2) is 3.73. The number of rotatable bonds is 1. The summed E-state index contributed by atoms with van der Waals surface area (Å²) < 4.78 is 5.32. The number of hydrogen-bond donors (Lipinski definition) is 1. The van der Waals surface area contributed by atoms with Crippen molar-refractivity contribution in [1.29, 1.82) is 5.26 Å². The minimum Gasteiger partial charge on any atom is -0.423 e. The maximum absolute atomic E-state index is 10.8. The molecule has 1 N–H and O–H groups in total. The molecule has 0 saturated carbocycles. The summed E-state index contributed by atoms with van der Waals surface area (Å²) in [5, 5.41) is 11.2. The van der Waals surface area contributed by atoms with E-state index in [1.54, 1.807) is 0 Å². The molecule has 0 saturated heterocycles. The summed E-state index contributed by atoms with van der Waals surface area (Å²) in [7, 11) is 0. The van der Waals surface area contributed by atoms with Crippen LogP contribution in [-0.2, 0) is 10.2 Å². The quantitative estimate of drug-likeness (QED) is 0.761. The highest BCUT2D eigenvalue weighted by atomic mass is 16.4. The van der Waals surface area contributed by atoms with Crippen molar-refractivity contribution >= 4 is 11.8 Å². The maximum atomic E-state index is 10.8. The maximum Gasteiger partial charge on any atom is 0.238 e. The van der Waals surface area contributed by atoms with Gasteiger partial charge in [-0.15, -0.1) is 0 Å². The van der Waals surface area contributed by atoms with Crippen LogP contribution in [0, 0.1) is 11.3 Å². The van der Waals surface area contributed by atoms with Crippen molar-refractivity contribution in [3.05, 3.63) is 11.6 Å². The van der Waals surface area contributed by atoms with Crippen LogP contribution in [0.3, 0.4) is 0 Å². The van der Waals surface area contributed by atoms with Gasteiger partial charge in [-0.1, -0.05) is 20.8 Å². The molecule has 0 spiro atoms. The molecule has 80 valence electrons. The van der Waals surface area contributed by atoms with Gasteiger partial charge in [0.05, 0.1) is 0 Å². The molecule has 1 amide bonds. The normalized spacial score (nSPS) is 10.9. The Morgan fingerprint density at radius 1 is 1.53 bits per heavy atom. The lowest BCUT2D eigenvalue weighted by atomic mass is 9.97. The van der Waals surface area contributed by atoms with E-state index in [1.807, 2.05) is 26.8 Å². The molecule has 0 unspecified atom stereocenters. The van der Waals surface area contributed by atoms with Crippen molar-refractivity contribution in [2.45, 2.75) is 33.1 Å². The zero-order valence-corrected chi connectivity index (χ0v) is 9.21. The number of aromatic nitrogens is 1. The van der Waals surface area contributed by atoms with Crippen LogP contribution in [0.5, 0.6) is 0 Å². The first-order valence-electron chi connectivity index (χ1n) is 4.53. The van der Waals surface area contributed by atoms with Crippen LogP contribution < -0.4 is 5.32 Å². The molecule has 0 fully saturated rings. The molecule has 0 bridgehead atoms. The fourth-order valence-electron chi connectivity index (χ4n) is 0.961. The Labute approximate surface area is 88.1 Å². The molecule has 5 heteroatoms. The Morgan fingerprint density at radius 2 is 2.13 bits per heavy atom. The smallest absolute Gasteiger partial charge is 0.238 e. The van der Waals surface area contributed by atoms with Crippen LogP contribution in [0.1, 0.15) is 39.3 Å². The lowest BCUT2D eigenvalue weighted by molar-refractivity contribution is -0.114. The molecular formula is C10H13N3O2. The largest absolute Gasteiger partial charge is 0.423 e. The molecule has 0 aliphatic rings. The summed E-state index contributed by atoms with van der Waals surface area (Å²) in [6, 6.07) is 1.87. The Kier molecular flexibility index (Phi) is 2.80. The second-order valence-corrected chi connectivity index (χ2v) is 4.24. The highest BCUT2D eigenvalue weighted by Crippen LogP contribution is 2.26. The SMILES string of the molecule is CC(=O)Nc1oc(C(C)(C)C)nc1C#N. The fourth-order valence-corrected chi connectivity index (χ4v) is 0.961. The molecule has 0 aliphatic heterocycles. The number of nitrogens with zero attached hydrogens (tertiary/aromatic N) is 2. The van der Waals surface area contributed by atoms with Gasteiger partial charge in [-0.25, -0.2) is 0 Å². The van der Waals surface area contributed by atoms with Gasteiger partial charge >= 0.3 is 0 Å². The van der Waals surface area contributed by atoms with Gasteiger partial charge in [0, 0.05) is 12.3 Å². The summed E-state index contributed by atoms with van der Waals surface area (Å²) in [6.45, 7) is 7.09. The minimum atomic E-state index is -0.289. The van der Waals surface area contributed by atoms with E-state index >= 15 is 0 Å². The van der Waals surface area contributed by atoms with Crippen LogP contribution in [0.25, 0.3) is 0 Å². The third-order valence-electron chi connectivity index (χ3n) is 1.66. The van der Waals surface area contributed by atoms with E-state index < -0.39 is 0 Å². The molecule has 1 aromatic heterocycles. The summed E-state index contributed by atoms with van der Waals surface area (Å²) in [5.74, 6) is 0.265. The third kappa shape index (κ3) is 2.56. The van der Waals surface area contributed by atoms with Crippen molar-refractivity contribution < 1.29 is 9.21 Å². The van der Waals surface area contributed by atoms with E-state index in [4.69, 9.17) is 9.68 Å². The van der Waals surface area contributed by atoms with Crippen LogP contribution in [0.4, 0.5) is 5.88 Å². The van der Waals surface area contributed by atoms with Crippen molar-refractivity contribution in [3.63, 3.8) is 0 Å². The zero-order valence-electron chi connectivity index (χ0n) is 9.21. The monoisotopic (exact) mass is 207 g/mol. The Morgan fingerprint density at radius 3 is 2.53 bits per heavy atom. The molecule has 1 rings (SSSR count). The molecule has 0 aliphatic carbocycles. The average molecular weight is 207 g/mol. The number of amides is 1. The van der Waals surface area contributed by atoms with Crippen molar-refractivity contribution in [1.82, 2.24) is 4.98 Å². The number of nitrogens with one attached hydrogen (secondary N) is 1. The van der Waals surface area contributed by atoms with Crippen molar-refractivity contribution in [2.75, 3.05) is 5.32 Å². The second-order valence-electron chi connectivity index (χ2n) is 4.24. The predicted molar refractivity (Wildman–Crippen MR) is 54.2 cm³/mol. The Hall–Kier alpha value is -1.83. The van der Waals surface area contributed by atoms with Gasteiger partial charge in [0.15, 0.2) is 0 Å². The first-order chi connectivity index (χ1) is 6.84. The number of nitriles is 1. The highest BCUT2D eigenvalue weighted by molar-refractivity contribution is 5.88. The van der Waals surface area contributed by atoms with Gasteiger partial charge in [-0.05, 0) is 0 Å². The molecule has 1 heterocycles. The molecule has 1 aromatic rings. The molecule has 0 atom stereocenters. The van der Waals surface area contributed by atoms with Gasteiger partial charge in [0.1, 0.15) is 6.07 Å². The minimum absolute atomic E-state index is 0.107. The topological polar surface area (TPSA) is 78.9 Å². The van der Waals surface area contributed by atoms with E-state index in [2.05, 4.69) is 10.3 Å². The van der Waals surface area contributed by atoms with Gasteiger partial charge in [0.2, 0.25) is 23.4 Å². The average Bonchev–Trinajstić information content (AvgIpc) is 2.45. The van der Waals surface area contributed by atoms with E-state index in [9.17, 15) is 4.79 Å². The van der Waals surface area contributed by atoms with Crippen molar-refractivity contribution in [2.24, 2.45) is 0 Å². The van der Waals surface area contributed by atoms with Gasteiger partial charge in [-0.2, -0.15) is 10.2 Å². The van der Waals surface area contributed by atoms with E-state index in [0.717, 1.165) is 0 Å². The highest BCUT2D eigenvalue weighted by Gasteiger charge is 2.24. The number of oxazole rings is 1. The zero-order chi connectivity index (χ0) is 11.6. The van der Waals surface area contributed by atoms with E-state index in [1.165, 1.54) is 6.92 Å². The van der Waals surface area contributed by atoms with Gasteiger partial charge in [-0.3, -0.25) is 10.1 Å². The summed E-state index contributed by atoms with van der Waals surface area (Å²) in [5.41, 5.74) is -0.183. The number of anilines is 1. The molecular weight excluding hydrogens is 194 g/mol. The van der Waals surface area contributed by atoms with Crippen LogP contribution >= 0.6 is 0 Å². The fraction of sp³-hybridized carbons (Fsp3) is 0.500. The molecule has 0 radical (unpaired) electrons. The van der Waals surface area contributed by atoms with Crippen molar-refractivity contribution in [3.8, 4) is 6.07 Å². The number of hydrogen-bond acceptors (Lipinski definition) is 4. The van der Waals surface area contributed by atoms with E-state index in [-0.39, 0.29) is 22.9 Å². The van der Waals surface area contributed by atoms with Crippen LogP contribution in [0.2, 0.25) is 0 Å². The molecule has 5 nitrogen and oxygen atoms in total. The summed E-state index contributed by atoms with van der Waals surface area (Å²) in [4.78, 5) is 14.8. The van der Waals surface area contributed by atoms with Gasteiger partial charge in [0.25, 0.3) is 0 Å². The first kappa shape index (κ1) is 11.2. The van der Waals surface area contributed by atoms with E-state index in [0.29, 0.717) is 5.89 Å². The van der Waals surface area contributed by atoms with Crippen LogP contribution in [-0.4, -0.2) is 10.9 Å². The molecule has 15 heavy (non-hydrogen) atoms. The number of carbonyl (C=O) groups is 1. The van der Waals surface area contributed by atoms with Gasteiger partial charge < -0.3 is 4.42 Å². The summed E-state index contributed by atoms with van der Waals surface area (Å²) >= 11 is 0. The predicted octanol–water partition coefficient (Wildman–Crippen LogP) is 1.80. The lowest BCUT2D eigenvalue weighted by Crippen LogP contribution is -2.11. The lowest BCUT2D eigenvalue weighted by Gasteiger charge is -2.11. The first-order valence-corrected chi connectivity index (χ1v) is 4.53. The van der Waals surface area contributed by atoms with Crippen LogP contribution in [0.15, 0.2) is 4.42 Å². The Bertz CT molecular complexity index is 421. The molecule has 0 aromatic carbocycles. The number of carbonyl (C=O) groups excluding carboxylic acids is 1. The third-order valence-corrected chi connectivity index (χ3v) is 1.66. The summed E-state index contributed by atoms with van der Waals surface area (Å²) in [6.07, 6.45) is 0.